The minimum Gasteiger partial charge on any atom is -0.508 e. The number of phenolic OH excluding ortho intramolecular Hbond substituents is 1. The summed E-state index contributed by atoms with van der Waals surface area (Å²) in [6.45, 7) is 11.4. The summed E-state index contributed by atoms with van der Waals surface area (Å²) in [4.78, 5) is 0. The van der Waals surface area contributed by atoms with E-state index in [0.717, 1.165) is 24.8 Å². The van der Waals surface area contributed by atoms with Crippen molar-refractivity contribution in [3.63, 3.8) is 0 Å². The van der Waals surface area contributed by atoms with E-state index in [4.69, 9.17) is 4.43 Å². The largest absolute Gasteiger partial charge is 0.508 e. The molecule has 2 rings (SSSR count). The van der Waals surface area contributed by atoms with Gasteiger partial charge in [-0.15, -0.1) is 0 Å². The quantitative estimate of drug-likeness (QED) is 0.788. The van der Waals surface area contributed by atoms with Crippen molar-refractivity contribution in [2.45, 2.75) is 64.3 Å². The molecule has 0 saturated carbocycles. The van der Waals surface area contributed by atoms with Crippen LogP contribution in [0.5, 0.6) is 5.75 Å². The van der Waals surface area contributed by atoms with Crippen molar-refractivity contribution in [3.8, 4) is 5.75 Å². The van der Waals surface area contributed by atoms with E-state index in [0.29, 0.717) is 5.75 Å². The molecular weight excluding hydrogens is 252 g/mol. The van der Waals surface area contributed by atoms with E-state index in [-0.39, 0.29) is 11.1 Å². The number of rotatable bonds is 2. The third-order valence-corrected chi connectivity index (χ3v) is 9.16. The summed E-state index contributed by atoms with van der Waals surface area (Å²) >= 11 is 0. The van der Waals surface area contributed by atoms with Gasteiger partial charge in [-0.2, -0.15) is 0 Å². The van der Waals surface area contributed by atoms with Crippen LogP contribution in [-0.2, 0) is 10.8 Å². The third-order valence-electron chi connectivity index (χ3n) is 4.67. The van der Waals surface area contributed by atoms with E-state index in [1.807, 2.05) is 6.07 Å². The fourth-order valence-electron chi connectivity index (χ4n) is 2.44. The highest BCUT2D eigenvalue weighted by Gasteiger charge is 2.40. The molecule has 0 radical (unpaired) electrons. The van der Waals surface area contributed by atoms with Crippen LogP contribution in [0.1, 0.15) is 50.8 Å². The zero-order chi connectivity index (χ0) is 14.3. The van der Waals surface area contributed by atoms with Crippen LogP contribution in [-0.4, -0.2) is 13.4 Å². The average molecular weight is 278 g/mol. The second-order valence-electron chi connectivity index (χ2n) is 7.10. The summed E-state index contributed by atoms with van der Waals surface area (Å²) in [5.74, 6) is 0.432. The molecule has 0 amide bonds. The molecule has 0 fully saturated rings. The highest BCUT2D eigenvalue weighted by molar-refractivity contribution is 6.74. The van der Waals surface area contributed by atoms with Crippen molar-refractivity contribution in [1.82, 2.24) is 0 Å². The molecule has 0 heterocycles. The van der Waals surface area contributed by atoms with Crippen LogP contribution in [0.15, 0.2) is 18.2 Å². The van der Waals surface area contributed by atoms with Crippen LogP contribution in [0.4, 0.5) is 0 Å². The number of benzene rings is 1. The fourth-order valence-corrected chi connectivity index (χ4v) is 3.75. The molecule has 19 heavy (non-hydrogen) atoms. The van der Waals surface area contributed by atoms with E-state index >= 15 is 0 Å². The lowest BCUT2D eigenvalue weighted by Gasteiger charge is -2.41. The molecule has 1 aliphatic rings. The predicted octanol–water partition coefficient (Wildman–Crippen LogP) is 4.79. The van der Waals surface area contributed by atoms with E-state index in [9.17, 15) is 5.11 Å². The summed E-state index contributed by atoms with van der Waals surface area (Å²) in [6, 6.07) is 5.83. The minimum atomic E-state index is -1.76. The van der Waals surface area contributed by atoms with Gasteiger partial charge in [-0.3, -0.25) is 0 Å². The summed E-state index contributed by atoms with van der Waals surface area (Å²) in [5, 5.41) is 10.2. The molecule has 0 bridgehead atoms. The first-order valence-corrected chi connectivity index (χ1v) is 10.1. The van der Waals surface area contributed by atoms with Crippen molar-refractivity contribution in [2.75, 3.05) is 0 Å². The van der Waals surface area contributed by atoms with Crippen molar-refractivity contribution >= 4 is 8.32 Å². The Morgan fingerprint density at radius 3 is 2.58 bits per heavy atom. The molecule has 0 saturated heterocycles. The van der Waals surface area contributed by atoms with Gasteiger partial charge in [0.1, 0.15) is 5.75 Å². The average Bonchev–Trinajstić information content (AvgIpc) is 2.28. The zero-order valence-electron chi connectivity index (χ0n) is 12.8. The number of phenols is 1. The SMILES string of the molecule is CC(C)(C)[Si](C)(C)OC1CCCc2c(O)cccc21. The number of aromatic hydroxyl groups is 1. The van der Waals surface area contributed by atoms with Gasteiger partial charge in [-0.25, -0.2) is 0 Å². The molecule has 0 aromatic heterocycles. The Bertz CT molecular complexity index is 460. The first-order chi connectivity index (χ1) is 8.72. The third kappa shape index (κ3) is 2.87. The summed E-state index contributed by atoms with van der Waals surface area (Å²) in [5.41, 5.74) is 2.30. The molecule has 1 aromatic carbocycles. The fraction of sp³-hybridized carbons (Fsp3) is 0.625. The predicted molar refractivity (Wildman–Crippen MR) is 82.1 cm³/mol. The normalized spacial score (nSPS) is 20.2. The first-order valence-electron chi connectivity index (χ1n) is 7.21. The maximum absolute atomic E-state index is 9.99. The number of hydrogen-bond acceptors (Lipinski definition) is 2. The van der Waals surface area contributed by atoms with Gasteiger partial charge in [0.15, 0.2) is 8.32 Å². The molecule has 0 aliphatic heterocycles. The van der Waals surface area contributed by atoms with Crippen LogP contribution < -0.4 is 0 Å². The monoisotopic (exact) mass is 278 g/mol. The van der Waals surface area contributed by atoms with Gasteiger partial charge in [-0.1, -0.05) is 32.9 Å². The minimum absolute atomic E-state index is 0.164. The van der Waals surface area contributed by atoms with E-state index in [1.54, 1.807) is 6.07 Å². The van der Waals surface area contributed by atoms with Crippen molar-refractivity contribution in [1.29, 1.82) is 0 Å². The number of fused-ring (bicyclic) bond motifs is 1. The van der Waals surface area contributed by atoms with Crippen molar-refractivity contribution in [2.24, 2.45) is 0 Å². The molecule has 1 aromatic rings. The van der Waals surface area contributed by atoms with Gasteiger partial charge in [0.2, 0.25) is 0 Å². The molecule has 3 heteroatoms. The van der Waals surface area contributed by atoms with Crippen molar-refractivity contribution < 1.29 is 9.53 Å². The topological polar surface area (TPSA) is 29.5 Å². The Morgan fingerprint density at radius 1 is 1.26 bits per heavy atom. The standard InChI is InChI=1S/C16H26O2Si/c1-16(2,3)19(4,5)18-15-11-7-8-12-13(15)9-6-10-14(12)17/h6,9-10,15,17H,7-8,11H2,1-5H3. The Kier molecular flexibility index (Phi) is 3.80. The van der Waals surface area contributed by atoms with E-state index in [1.165, 1.54) is 5.56 Å². The Morgan fingerprint density at radius 2 is 1.95 bits per heavy atom. The van der Waals surface area contributed by atoms with Crippen LogP contribution >= 0.6 is 0 Å². The first kappa shape index (κ1) is 14.6. The molecule has 106 valence electrons. The van der Waals surface area contributed by atoms with E-state index in [2.05, 4.69) is 39.9 Å². The van der Waals surface area contributed by atoms with Crippen LogP contribution in [0.3, 0.4) is 0 Å². The van der Waals surface area contributed by atoms with Gasteiger partial charge in [-0.05, 0) is 54.6 Å². The lowest BCUT2D eigenvalue weighted by molar-refractivity contribution is 0.162. The molecular formula is C16H26O2Si. The Hall–Kier alpha value is -0.803. The van der Waals surface area contributed by atoms with Gasteiger partial charge in [0.05, 0.1) is 6.10 Å². The maximum Gasteiger partial charge on any atom is 0.192 e. The van der Waals surface area contributed by atoms with Crippen molar-refractivity contribution in [3.05, 3.63) is 29.3 Å². The van der Waals surface area contributed by atoms with Crippen LogP contribution in [0.2, 0.25) is 18.1 Å². The summed E-state index contributed by atoms with van der Waals surface area (Å²) in [7, 11) is -1.76. The van der Waals surface area contributed by atoms with Gasteiger partial charge < -0.3 is 9.53 Å². The molecule has 1 N–H and O–H groups in total. The number of hydrogen-bond donors (Lipinski definition) is 1. The van der Waals surface area contributed by atoms with Crippen LogP contribution in [0, 0.1) is 0 Å². The lowest BCUT2D eigenvalue weighted by Crippen LogP contribution is -2.42. The Balaban J connectivity index is 2.28. The Labute approximate surface area is 117 Å². The second-order valence-corrected chi connectivity index (χ2v) is 11.9. The lowest BCUT2D eigenvalue weighted by atomic mass is 9.89. The molecule has 1 unspecified atom stereocenters. The maximum atomic E-state index is 9.99. The van der Waals surface area contributed by atoms with Crippen LogP contribution in [0.25, 0.3) is 0 Å². The molecule has 1 aliphatic carbocycles. The summed E-state index contributed by atoms with van der Waals surface area (Å²) < 4.78 is 6.55. The smallest absolute Gasteiger partial charge is 0.192 e. The zero-order valence-corrected chi connectivity index (χ0v) is 13.8. The molecule has 0 spiro atoms. The van der Waals surface area contributed by atoms with Gasteiger partial charge in [0, 0.05) is 0 Å². The van der Waals surface area contributed by atoms with E-state index < -0.39 is 8.32 Å². The summed E-state index contributed by atoms with van der Waals surface area (Å²) in [6.07, 6.45) is 3.31. The van der Waals surface area contributed by atoms with Gasteiger partial charge in [0.25, 0.3) is 0 Å². The second kappa shape index (κ2) is 4.95. The molecule has 2 nitrogen and oxygen atoms in total. The highest BCUT2D eigenvalue weighted by Crippen LogP contribution is 2.44. The van der Waals surface area contributed by atoms with Gasteiger partial charge >= 0.3 is 0 Å². The highest BCUT2D eigenvalue weighted by atomic mass is 28.4. The molecule has 1 atom stereocenters.